The number of para-hydroxylation sites is 1. The molecule has 2 saturated heterocycles. The zero-order chi connectivity index (χ0) is 18.5. The number of aromatic nitrogens is 2. The van der Waals surface area contributed by atoms with E-state index in [-0.39, 0.29) is 24.4 Å². The maximum absolute atomic E-state index is 12.2. The van der Waals surface area contributed by atoms with Crippen molar-refractivity contribution in [3.63, 3.8) is 0 Å². The average molecular weight is 404 g/mol. The van der Waals surface area contributed by atoms with Crippen LogP contribution in [0.3, 0.4) is 0 Å². The van der Waals surface area contributed by atoms with Gasteiger partial charge in [-0.2, -0.15) is 0 Å². The number of likely N-dealkylation sites (tertiary alicyclic amines) is 1. The largest absolute Gasteiger partial charge is 0.354 e. The molecule has 2 aliphatic rings. The lowest BCUT2D eigenvalue weighted by Gasteiger charge is -2.32. The van der Waals surface area contributed by atoms with Crippen molar-refractivity contribution in [2.24, 2.45) is 5.92 Å². The number of piperidine rings is 1. The quantitative estimate of drug-likeness (QED) is 0.777. The summed E-state index contributed by atoms with van der Waals surface area (Å²) in [5, 5.41) is 6.43. The summed E-state index contributed by atoms with van der Waals surface area (Å²) in [6.45, 7) is 4.69. The summed E-state index contributed by atoms with van der Waals surface area (Å²) >= 11 is 0. The summed E-state index contributed by atoms with van der Waals surface area (Å²) < 4.78 is 2.16. The lowest BCUT2D eigenvalue weighted by Crippen LogP contribution is -2.45. The first kappa shape index (κ1) is 20.8. The summed E-state index contributed by atoms with van der Waals surface area (Å²) in [6.07, 6.45) is 8.32. The van der Waals surface area contributed by atoms with E-state index in [4.69, 9.17) is 0 Å². The Labute approximate surface area is 173 Å². The average Bonchev–Trinajstić information content (AvgIpc) is 3.39. The molecule has 4 rings (SSSR count). The molecule has 1 aromatic carbocycles. The molecule has 152 valence electrons. The summed E-state index contributed by atoms with van der Waals surface area (Å²) in [5.74, 6) is 1.76. The number of amides is 1. The number of carbonyl (C=O) groups is 1. The van der Waals surface area contributed by atoms with Gasteiger partial charge in [-0.25, -0.2) is 4.98 Å². The number of benzene rings is 1. The van der Waals surface area contributed by atoms with Gasteiger partial charge in [0.05, 0.1) is 12.6 Å². The van der Waals surface area contributed by atoms with Crippen LogP contribution in [0, 0.1) is 5.92 Å². The molecule has 7 heteroatoms. The number of nitrogens with zero attached hydrogens (tertiary/aromatic N) is 3. The van der Waals surface area contributed by atoms with Crippen molar-refractivity contribution in [3.05, 3.63) is 48.5 Å². The molecular weight excluding hydrogens is 374 g/mol. The van der Waals surface area contributed by atoms with Crippen molar-refractivity contribution < 1.29 is 4.79 Å². The second-order valence-corrected chi connectivity index (χ2v) is 7.69. The first-order valence-electron chi connectivity index (χ1n) is 10.1. The molecule has 2 aliphatic heterocycles. The fraction of sp³-hybridized carbons (Fsp3) is 0.524. The van der Waals surface area contributed by atoms with Crippen LogP contribution in [0.4, 0.5) is 0 Å². The number of carbonyl (C=O) groups excluding carboxylic acids is 1. The fourth-order valence-electron chi connectivity index (χ4n) is 4.21. The first-order valence-corrected chi connectivity index (χ1v) is 10.1. The van der Waals surface area contributed by atoms with Gasteiger partial charge >= 0.3 is 0 Å². The van der Waals surface area contributed by atoms with Gasteiger partial charge in [0.15, 0.2) is 0 Å². The van der Waals surface area contributed by atoms with E-state index in [0.717, 1.165) is 57.1 Å². The minimum atomic E-state index is 0. The van der Waals surface area contributed by atoms with E-state index in [1.807, 2.05) is 18.5 Å². The van der Waals surface area contributed by atoms with Crippen LogP contribution in [0.2, 0.25) is 0 Å². The number of hydrogen-bond acceptors (Lipinski definition) is 4. The Morgan fingerprint density at radius 2 is 2.07 bits per heavy atom. The van der Waals surface area contributed by atoms with Gasteiger partial charge in [0.25, 0.3) is 0 Å². The van der Waals surface area contributed by atoms with Gasteiger partial charge in [-0.05, 0) is 56.8 Å². The van der Waals surface area contributed by atoms with Crippen molar-refractivity contribution in [1.29, 1.82) is 0 Å². The molecule has 2 aromatic rings. The van der Waals surface area contributed by atoms with Gasteiger partial charge in [0, 0.05) is 31.2 Å². The van der Waals surface area contributed by atoms with E-state index in [2.05, 4.69) is 49.4 Å². The van der Waals surface area contributed by atoms with Gasteiger partial charge in [0.1, 0.15) is 5.82 Å². The van der Waals surface area contributed by atoms with E-state index in [1.54, 1.807) is 0 Å². The van der Waals surface area contributed by atoms with Crippen LogP contribution in [0.1, 0.15) is 31.5 Å². The van der Waals surface area contributed by atoms with E-state index >= 15 is 0 Å². The highest BCUT2D eigenvalue weighted by Gasteiger charge is 2.25. The number of halogens is 1. The van der Waals surface area contributed by atoms with Crippen molar-refractivity contribution in [2.45, 2.75) is 38.3 Å². The molecule has 1 aromatic heterocycles. The molecule has 3 heterocycles. The smallest absolute Gasteiger partial charge is 0.237 e. The summed E-state index contributed by atoms with van der Waals surface area (Å²) in [6, 6.07) is 10.4. The molecule has 0 saturated carbocycles. The topological polar surface area (TPSA) is 62.2 Å². The third-order valence-corrected chi connectivity index (χ3v) is 5.66. The zero-order valence-electron chi connectivity index (χ0n) is 16.2. The Morgan fingerprint density at radius 3 is 2.86 bits per heavy atom. The Hall–Kier alpha value is -1.89. The lowest BCUT2D eigenvalue weighted by atomic mass is 9.98. The molecule has 2 unspecified atom stereocenters. The highest BCUT2D eigenvalue weighted by molar-refractivity contribution is 5.85. The van der Waals surface area contributed by atoms with Crippen LogP contribution >= 0.6 is 12.4 Å². The first-order chi connectivity index (χ1) is 13.3. The number of rotatable bonds is 6. The number of imidazole rings is 1. The van der Waals surface area contributed by atoms with Crippen LogP contribution in [-0.2, 0) is 11.3 Å². The van der Waals surface area contributed by atoms with E-state index in [1.165, 1.54) is 12.8 Å². The molecule has 2 N–H and O–H groups in total. The van der Waals surface area contributed by atoms with Gasteiger partial charge in [-0.15, -0.1) is 12.4 Å². The van der Waals surface area contributed by atoms with Crippen molar-refractivity contribution in [2.75, 3.05) is 26.2 Å². The highest BCUT2D eigenvalue weighted by atomic mass is 35.5. The Bertz CT molecular complexity index is 744. The molecule has 0 radical (unpaired) electrons. The summed E-state index contributed by atoms with van der Waals surface area (Å²) in [7, 11) is 0. The number of hydrogen-bond donors (Lipinski definition) is 2. The summed E-state index contributed by atoms with van der Waals surface area (Å²) in [4.78, 5) is 19.3. The van der Waals surface area contributed by atoms with Crippen LogP contribution < -0.4 is 10.6 Å². The van der Waals surface area contributed by atoms with Crippen molar-refractivity contribution in [1.82, 2.24) is 25.1 Å². The molecule has 0 spiro atoms. The van der Waals surface area contributed by atoms with Gasteiger partial charge in [-0.1, -0.05) is 18.2 Å². The molecule has 2 atom stereocenters. The van der Waals surface area contributed by atoms with Crippen molar-refractivity contribution in [3.8, 4) is 5.69 Å². The molecule has 0 aliphatic carbocycles. The second-order valence-electron chi connectivity index (χ2n) is 7.69. The maximum atomic E-state index is 12.2. The third-order valence-electron chi connectivity index (χ3n) is 5.66. The predicted octanol–water partition coefficient (Wildman–Crippen LogP) is 2.37. The lowest BCUT2D eigenvalue weighted by molar-refractivity contribution is -0.123. The fourth-order valence-corrected chi connectivity index (χ4v) is 4.21. The van der Waals surface area contributed by atoms with Crippen molar-refractivity contribution >= 4 is 18.3 Å². The van der Waals surface area contributed by atoms with Gasteiger partial charge < -0.3 is 15.2 Å². The van der Waals surface area contributed by atoms with Crippen LogP contribution in [0.25, 0.3) is 5.69 Å². The Morgan fingerprint density at radius 1 is 1.21 bits per heavy atom. The number of nitrogens with one attached hydrogen (secondary N) is 2. The minimum Gasteiger partial charge on any atom is -0.354 e. The third kappa shape index (κ3) is 5.13. The molecular formula is C21H30ClN5O. The molecule has 6 nitrogen and oxygen atoms in total. The predicted molar refractivity (Wildman–Crippen MR) is 113 cm³/mol. The maximum Gasteiger partial charge on any atom is 0.237 e. The van der Waals surface area contributed by atoms with E-state index in [9.17, 15) is 4.79 Å². The molecule has 0 bridgehead atoms. The second kappa shape index (κ2) is 10.0. The summed E-state index contributed by atoms with van der Waals surface area (Å²) in [5.41, 5.74) is 1.15. The SMILES string of the molecule is Cl.O=C(NCC1CCCN(Cc2nccn2-c2ccccc2)C1)C1CCCN1. The standard InChI is InChI=1S/C21H29N5O.ClH/c27-21(19-9-4-10-22-19)24-14-17-6-5-12-25(15-17)16-20-23-11-13-26(20)18-7-2-1-3-8-18;/h1-3,7-8,11,13,17,19,22H,4-6,9-10,12,14-16H2,(H,24,27);1H. The van der Waals surface area contributed by atoms with Gasteiger partial charge in [-0.3, -0.25) is 9.69 Å². The zero-order valence-corrected chi connectivity index (χ0v) is 17.0. The monoisotopic (exact) mass is 403 g/mol. The van der Waals surface area contributed by atoms with Gasteiger partial charge in [0.2, 0.25) is 5.91 Å². The Balaban J connectivity index is 0.00000225. The highest BCUT2D eigenvalue weighted by Crippen LogP contribution is 2.19. The molecule has 1 amide bonds. The molecule has 2 fully saturated rings. The molecule has 28 heavy (non-hydrogen) atoms. The van der Waals surface area contributed by atoms with E-state index in [0.29, 0.717) is 5.92 Å². The normalized spacial score (nSPS) is 22.6. The van der Waals surface area contributed by atoms with Crippen LogP contribution in [0.5, 0.6) is 0 Å². The minimum absolute atomic E-state index is 0. The van der Waals surface area contributed by atoms with Crippen LogP contribution in [-0.4, -0.2) is 52.6 Å². The van der Waals surface area contributed by atoms with Crippen LogP contribution in [0.15, 0.2) is 42.7 Å². The Kier molecular flexibility index (Phi) is 7.48. The van der Waals surface area contributed by atoms with E-state index < -0.39 is 0 Å².